The lowest BCUT2D eigenvalue weighted by molar-refractivity contribution is 0.577. The van der Waals surface area contributed by atoms with Gasteiger partial charge >= 0.3 is 0 Å². The smallest absolute Gasteiger partial charge is 0.257 e. The molecule has 1 aromatic rings. The summed E-state index contributed by atoms with van der Waals surface area (Å²) in [7, 11) is -3.50. The summed E-state index contributed by atoms with van der Waals surface area (Å²) in [6.45, 7) is 1.59. The van der Waals surface area contributed by atoms with Crippen LogP contribution in [0, 0.1) is 0 Å². The molecule has 0 spiro atoms. The van der Waals surface area contributed by atoms with Crippen LogP contribution in [0.4, 0.5) is 0 Å². The molecule has 2 N–H and O–H groups in total. The van der Waals surface area contributed by atoms with Crippen LogP contribution in [0.15, 0.2) is 35.2 Å². The molecular weight excluding hydrogens is 220 g/mol. The van der Waals surface area contributed by atoms with Crippen LogP contribution in [0.25, 0.3) is 0 Å². The zero-order valence-corrected chi connectivity index (χ0v) is 9.15. The van der Waals surface area contributed by atoms with Gasteiger partial charge in [-0.05, 0) is 19.1 Å². The van der Waals surface area contributed by atoms with Crippen LogP contribution < -0.4 is 10.3 Å². The summed E-state index contributed by atoms with van der Waals surface area (Å²) in [4.78, 5) is 2.72. The summed E-state index contributed by atoms with van der Waals surface area (Å²) >= 11 is 4.68. The van der Waals surface area contributed by atoms with Crippen molar-refractivity contribution in [1.82, 2.24) is 10.3 Å². The molecule has 0 unspecified atom stereocenters. The number of rotatable bonds is 3. The van der Waals surface area contributed by atoms with E-state index in [-0.39, 0.29) is 4.90 Å². The van der Waals surface area contributed by atoms with Crippen molar-refractivity contribution < 1.29 is 8.42 Å². The minimum atomic E-state index is -3.50. The van der Waals surface area contributed by atoms with Gasteiger partial charge in [-0.2, -0.15) is 0 Å². The van der Waals surface area contributed by atoms with E-state index in [9.17, 15) is 8.42 Å². The Morgan fingerprint density at radius 1 is 1.29 bits per heavy atom. The molecule has 6 heteroatoms. The fourth-order valence-corrected chi connectivity index (χ4v) is 1.83. The third kappa shape index (κ3) is 3.06. The highest BCUT2D eigenvalue weighted by Crippen LogP contribution is 2.05. The average molecular weight is 230 g/mol. The lowest BCUT2D eigenvalue weighted by Crippen LogP contribution is -2.39. The first kappa shape index (κ1) is 11.1. The standard InChI is InChI=1S/C8H10N2O2S2/c1-7(13)9-10-14(11,12)8-5-3-2-4-6-8/h2-6,10H,1H3,(H,9,13). The third-order valence-electron chi connectivity index (χ3n) is 1.41. The van der Waals surface area contributed by atoms with Crippen molar-refractivity contribution in [3.05, 3.63) is 30.3 Å². The van der Waals surface area contributed by atoms with Crippen molar-refractivity contribution in [2.24, 2.45) is 0 Å². The van der Waals surface area contributed by atoms with Crippen LogP contribution in [0.2, 0.25) is 0 Å². The van der Waals surface area contributed by atoms with Crippen LogP contribution in [-0.2, 0) is 10.0 Å². The maximum atomic E-state index is 11.5. The van der Waals surface area contributed by atoms with Crippen molar-refractivity contribution in [1.29, 1.82) is 0 Å². The van der Waals surface area contributed by atoms with Crippen LogP contribution >= 0.6 is 12.2 Å². The van der Waals surface area contributed by atoms with E-state index in [2.05, 4.69) is 22.5 Å². The molecule has 0 heterocycles. The highest BCUT2D eigenvalue weighted by Gasteiger charge is 2.11. The van der Waals surface area contributed by atoms with E-state index in [4.69, 9.17) is 0 Å². The first-order valence-electron chi connectivity index (χ1n) is 3.86. The second-order valence-electron chi connectivity index (χ2n) is 2.60. The largest absolute Gasteiger partial charge is 0.302 e. The Hall–Kier alpha value is -0.980. The van der Waals surface area contributed by atoms with Crippen molar-refractivity contribution >= 4 is 27.2 Å². The fraction of sp³-hybridized carbons (Fsp3) is 0.125. The Labute approximate surface area is 88.4 Å². The summed E-state index contributed by atoms with van der Waals surface area (Å²) in [5.74, 6) is 0. The maximum Gasteiger partial charge on any atom is 0.257 e. The van der Waals surface area contributed by atoms with E-state index in [1.54, 1.807) is 25.1 Å². The van der Waals surface area contributed by atoms with E-state index in [1.165, 1.54) is 12.1 Å². The molecule has 0 fully saturated rings. The molecule has 0 aliphatic rings. The molecule has 0 aliphatic heterocycles. The SMILES string of the molecule is CC(=S)NNS(=O)(=O)c1ccccc1. The Morgan fingerprint density at radius 3 is 2.36 bits per heavy atom. The van der Waals surface area contributed by atoms with Gasteiger partial charge in [0.05, 0.1) is 9.88 Å². The topological polar surface area (TPSA) is 58.2 Å². The zero-order valence-electron chi connectivity index (χ0n) is 7.52. The molecule has 1 rings (SSSR count). The summed E-state index contributed by atoms with van der Waals surface area (Å²) in [5, 5.41) is 0. The second-order valence-corrected chi connectivity index (χ2v) is 4.89. The summed E-state index contributed by atoms with van der Waals surface area (Å²) < 4.78 is 23.0. The van der Waals surface area contributed by atoms with E-state index in [1.807, 2.05) is 0 Å². The van der Waals surface area contributed by atoms with Crippen molar-refractivity contribution in [3.63, 3.8) is 0 Å². The van der Waals surface area contributed by atoms with Crippen molar-refractivity contribution in [2.45, 2.75) is 11.8 Å². The van der Waals surface area contributed by atoms with E-state index in [0.717, 1.165) is 0 Å². The molecule has 14 heavy (non-hydrogen) atoms. The molecule has 76 valence electrons. The Bertz CT molecular complexity index is 414. The zero-order chi connectivity index (χ0) is 10.6. The quantitative estimate of drug-likeness (QED) is 0.596. The number of sulfonamides is 1. The van der Waals surface area contributed by atoms with Gasteiger partial charge in [0.25, 0.3) is 10.0 Å². The molecule has 0 saturated carbocycles. The third-order valence-corrected chi connectivity index (χ3v) is 2.78. The van der Waals surface area contributed by atoms with Crippen LogP contribution in [0.5, 0.6) is 0 Å². The van der Waals surface area contributed by atoms with E-state index >= 15 is 0 Å². The number of hydrogen-bond donors (Lipinski definition) is 2. The van der Waals surface area contributed by atoms with Gasteiger partial charge in [-0.25, -0.2) is 8.42 Å². The maximum absolute atomic E-state index is 11.5. The van der Waals surface area contributed by atoms with Crippen molar-refractivity contribution in [2.75, 3.05) is 0 Å². The van der Waals surface area contributed by atoms with Gasteiger partial charge in [0.2, 0.25) is 0 Å². The first-order chi connectivity index (χ1) is 6.52. The molecular formula is C8H10N2O2S2. The molecule has 0 aliphatic carbocycles. The fourth-order valence-electron chi connectivity index (χ4n) is 0.798. The van der Waals surface area contributed by atoms with Crippen molar-refractivity contribution in [3.8, 4) is 0 Å². The monoisotopic (exact) mass is 230 g/mol. The van der Waals surface area contributed by atoms with Gasteiger partial charge in [0.15, 0.2) is 0 Å². The Kier molecular flexibility index (Phi) is 3.56. The van der Waals surface area contributed by atoms with Gasteiger partial charge in [-0.15, -0.1) is 4.83 Å². The minimum absolute atomic E-state index is 0.198. The molecule has 0 aromatic heterocycles. The predicted octanol–water partition coefficient (Wildman–Crippen LogP) is 0.817. The highest BCUT2D eigenvalue weighted by molar-refractivity contribution is 7.89. The van der Waals surface area contributed by atoms with Crippen LogP contribution in [-0.4, -0.2) is 13.4 Å². The lowest BCUT2D eigenvalue weighted by atomic mass is 10.4. The second kappa shape index (κ2) is 4.50. The van der Waals surface area contributed by atoms with Gasteiger partial charge in [-0.1, -0.05) is 30.4 Å². The molecule has 4 nitrogen and oxygen atoms in total. The number of hydrogen-bond acceptors (Lipinski definition) is 3. The number of thiocarbonyl (C=S) groups is 1. The van der Waals surface area contributed by atoms with Gasteiger partial charge in [0.1, 0.15) is 0 Å². The van der Waals surface area contributed by atoms with Gasteiger partial charge in [-0.3, -0.25) is 0 Å². The molecule has 0 saturated heterocycles. The van der Waals surface area contributed by atoms with E-state index < -0.39 is 10.0 Å². The molecule has 0 radical (unpaired) electrons. The summed E-state index contributed by atoms with van der Waals surface area (Å²) in [6, 6.07) is 8.06. The van der Waals surface area contributed by atoms with Crippen LogP contribution in [0.3, 0.4) is 0 Å². The number of benzene rings is 1. The molecule has 0 bridgehead atoms. The van der Waals surface area contributed by atoms with Gasteiger partial charge < -0.3 is 5.43 Å². The first-order valence-corrected chi connectivity index (χ1v) is 5.75. The normalized spacial score (nSPS) is 10.9. The number of hydrazine groups is 1. The summed E-state index contributed by atoms with van der Waals surface area (Å²) in [6.07, 6.45) is 0. The molecule has 1 aromatic carbocycles. The van der Waals surface area contributed by atoms with Crippen LogP contribution in [0.1, 0.15) is 6.92 Å². The highest BCUT2D eigenvalue weighted by atomic mass is 32.2. The van der Waals surface area contributed by atoms with Gasteiger partial charge in [0, 0.05) is 0 Å². The Morgan fingerprint density at radius 2 is 1.86 bits per heavy atom. The minimum Gasteiger partial charge on any atom is -0.302 e. The number of nitrogens with one attached hydrogen (secondary N) is 2. The predicted molar refractivity (Wildman–Crippen MR) is 58.2 cm³/mol. The summed E-state index contributed by atoms with van der Waals surface area (Å²) in [5.41, 5.74) is 2.38. The lowest BCUT2D eigenvalue weighted by Gasteiger charge is -2.07. The molecule has 0 atom stereocenters. The Balaban J connectivity index is 2.82. The average Bonchev–Trinajstić information content (AvgIpc) is 2.16. The molecule has 0 amide bonds. The van der Waals surface area contributed by atoms with E-state index in [0.29, 0.717) is 4.99 Å².